The van der Waals surface area contributed by atoms with Gasteiger partial charge in [-0.25, -0.2) is 4.79 Å². The Balaban J connectivity index is 2.47. The summed E-state index contributed by atoms with van der Waals surface area (Å²) in [7, 11) is 3.30. The van der Waals surface area contributed by atoms with Crippen LogP contribution in [0.3, 0.4) is 0 Å². The normalized spacial score (nSPS) is 17.7. The molecular formula is C13H26N2O3. The molecule has 1 N–H and O–H groups in total. The smallest absolute Gasteiger partial charge is 0.318 e. The summed E-state index contributed by atoms with van der Waals surface area (Å²) in [6.07, 6.45) is 4.64. The number of hydrogen-bond acceptors (Lipinski definition) is 3. The largest absolute Gasteiger partial charge is 0.383 e. The lowest BCUT2D eigenvalue weighted by Gasteiger charge is -2.30. The zero-order valence-corrected chi connectivity index (χ0v) is 11.8. The second-order valence-electron chi connectivity index (χ2n) is 4.92. The van der Waals surface area contributed by atoms with Gasteiger partial charge >= 0.3 is 6.03 Å². The molecule has 106 valence electrons. The highest BCUT2D eigenvalue weighted by atomic mass is 16.5. The van der Waals surface area contributed by atoms with Gasteiger partial charge in [-0.15, -0.1) is 0 Å². The predicted octanol–water partition coefficient (Wildman–Crippen LogP) is 1.62. The molecule has 0 bridgehead atoms. The van der Waals surface area contributed by atoms with E-state index < -0.39 is 0 Å². The molecule has 5 heteroatoms. The first-order valence-corrected chi connectivity index (χ1v) is 6.74. The zero-order chi connectivity index (χ0) is 13.4. The number of nitrogens with zero attached hydrogens (tertiary/aromatic N) is 1. The number of carbonyl (C=O) groups is 1. The van der Waals surface area contributed by atoms with Gasteiger partial charge in [0, 0.05) is 26.8 Å². The molecule has 0 aromatic rings. The van der Waals surface area contributed by atoms with Crippen molar-refractivity contribution in [3.8, 4) is 0 Å². The van der Waals surface area contributed by atoms with Crippen molar-refractivity contribution >= 4 is 6.03 Å². The molecule has 1 aliphatic carbocycles. The minimum Gasteiger partial charge on any atom is -0.383 e. The second kappa shape index (κ2) is 8.32. The highest BCUT2D eigenvalue weighted by Gasteiger charge is 2.23. The van der Waals surface area contributed by atoms with Crippen molar-refractivity contribution < 1.29 is 14.3 Å². The third-order valence-electron chi connectivity index (χ3n) is 3.42. The quantitative estimate of drug-likeness (QED) is 0.755. The Morgan fingerprint density at radius 3 is 2.56 bits per heavy atom. The van der Waals surface area contributed by atoms with Gasteiger partial charge in [0.1, 0.15) is 0 Å². The number of ether oxygens (including phenoxy) is 2. The van der Waals surface area contributed by atoms with E-state index in [1.165, 1.54) is 12.8 Å². The van der Waals surface area contributed by atoms with Crippen LogP contribution in [0.4, 0.5) is 4.79 Å². The third kappa shape index (κ3) is 4.82. The van der Waals surface area contributed by atoms with Gasteiger partial charge in [-0.3, -0.25) is 0 Å². The predicted molar refractivity (Wildman–Crippen MR) is 70.7 cm³/mol. The molecular weight excluding hydrogens is 232 g/mol. The Bertz CT molecular complexity index is 242. The first-order valence-electron chi connectivity index (χ1n) is 6.74. The Morgan fingerprint density at radius 1 is 1.33 bits per heavy atom. The van der Waals surface area contributed by atoms with Crippen LogP contribution in [0.25, 0.3) is 0 Å². The van der Waals surface area contributed by atoms with E-state index >= 15 is 0 Å². The van der Waals surface area contributed by atoms with E-state index in [0.717, 1.165) is 12.8 Å². The fraction of sp³-hybridized carbons (Fsp3) is 0.923. The molecule has 0 heterocycles. The minimum atomic E-state index is 0.00324. The summed E-state index contributed by atoms with van der Waals surface area (Å²) < 4.78 is 10.2. The molecule has 1 atom stereocenters. The molecule has 1 rings (SSSR count). The van der Waals surface area contributed by atoms with Crippen molar-refractivity contribution in [2.45, 2.75) is 44.7 Å². The molecule has 1 saturated carbocycles. The number of nitrogens with one attached hydrogen (secondary N) is 1. The number of rotatable bonds is 7. The van der Waals surface area contributed by atoms with Gasteiger partial charge in [0.25, 0.3) is 0 Å². The van der Waals surface area contributed by atoms with Crippen LogP contribution in [0, 0.1) is 0 Å². The van der Waals surface area contributed by atoms with Crippen LogP contribution in [0.15, 0.2) is 0 Å². The van der Waals surface area contributed by atoms with Gasteiger partial charge < -0.3 is 19.7 Å². The number of hydrogen-bond donors (Lipinski definition) is 1. The maximum Gasteiger partial charge on any atom is 0.318 e. The number of amides is 2. The molecule has 0 aromatic heterocycles. The Labute approximate surface area is 110 Å². The van der Waals surface area contributed by atoms with Crippen LogP contribution in [-0.2, 0) is 9.47 Å². The average Bonchev–Trinajstić information content (AvgIpc) is 2.82. The lowest BCUT2D eigenvalue weighted by atomic mass is 10.2. The summed E-state index contributed by atoms with van der Waals surface area (Å²) >= 11 is 0. The van der Waals surface area contributed by atoms with Crippen molar-refractivity contribution in [2.24, 2.45) is 0 Å². The highest BCUT2D eigenvalue weighted by Crippen LogP contribution is 2.18. The van der Waals surface area contributed by atoms with E-state index in [-0.39, 0.29) is 12.1 Å². The molecule has 0 radical (unpaired) electrons. The molecule has 1 aliphatic rings. The Kier molecular flexibility index (Phi) is 7.05. The maximum absolute atomic E-state index is 12.2. The van der Waals surface area contributed by atoms with E-state index in [1.54, 1.807) is 19.1 Å². The van der Waals surface area contributed by atoms with Crippen LogP contribution >= 0.6 is 0 Å². The van der Waals surface area contributed by atoms with Gasteiger partial charge in [-0.2, -0.15) is 0 Å². The molecule has 0 spiro atoms. The first-order chi connectivity index (χ1) is 8.69. The van der Waals surface area contributed by atoms with Gasteiger partial charge in [0.05, 0.1) is 19.3 Å². The van der Waals surface area contributed by atoms with Crippen LogP contribution in [0.5, 0.6) is 0 Å². The van der Waals surface area contributed by atoms with E-state index in [1.807, 2.05) is 6.92 Å². The van der Waals surface area contributed by atoms with Gasteiger partial charge in [0.15, 0.2) is 0 Å². The SMILES string of the molecule is COCCN(C(=O)NC1CCCC1)C(C)COC. The summed E-state index contributed by atoms with van der Waals surface area (Å²) in [6, 6.07) is 0.410. The third-order valence-corrected chi connectivity index (χ3v) is 3.42. The summed E-state index contributed by atoms with van der Waals surface area (Å²) in [5.41, 5.74) is 0. The highest BCUT2D eigenvalue weighted by molar-refractivity contribution is 5.74. The standard InChI is InChI=1S/C13H26N2O3/c1-11(10-18-3)15(8-9-17-2)13(16)14-12-6-4-5-7-12/h11-12H,4-10H2,1-3H3,(H,14,16). The minimum absolute atomic E-state index is 0.00324. The zero-order valence-electron chi connectivity index (χ0n) is 11.8. The number of methoxy groups -OCH3 is 2. The van der Waals surface area contributed by atoms with Crippen molar-refractivity contribution in [3.05, 3.63) is 0 Å². The summed E-state index contributed by atoms with van der Waals surface area (Å²) in [6.45, 7) is 3.68. The van der Waals surface area contributed by atoms with Crippen LogP contribution in [-0.4, -0.2) is 57.0 Å². The van der Waals surface area contributed by atoms with Gasteiger partial charge in [-0.05, 0) is 19.8 Å². The molecule has 0 aliphatic heterocycles. The molecule has 1 unspecified atom stereocenters. The van der Waals surface area contributed by atoms with Crippen molar-refractivity contribution in [2.75, 3.05) is 34.0 Å². The van der Waals surface area contributed by atoms with Crippen molar-refractivity contribution in [3.63, 3.8) is 0 Å². The van der Waals surface area contributed by atoms with Crippen LogP contribution < -0.4 is 5.32 Å². The van der Waals surface area contributed by atoms with E-state index in [4.69, 9.17) is 9.47 Å². The fourth-order valence-corrected chi connectivity index (χ4v) is 2.37. The van der Waals surface area contributed by atoms with E-state index in [0.29, 0.717) is 25.8 Å². The van der Waals surface area contributed by atoms with Crippen molar-refractivity contribution in [1.29, 1.82) is 0 Å². The molecule has 2 amide bonds. The van der Waals surface area contributed by atoms with Crippen LogP contribution in [0.2, 0.25) is 0 Å². The Morgan fingerprint density at radius 2 is 2.00 bits per heavy atom. The number of urea groups is 1. The molecule has 18 heavy (non-hydrogen) atoms. The van der Waals surface area contributed by atoms with Crippen LogP contribution in [0.1, 0.15) is 32.6 Å². The lowest BCUT2D eigenvalue weighted by Crippen LogP contribution is -2.50. The summed E-state index contributed by atoms with van der Waals surface area (Å²) in [5.74, 6) is 0. The van der Waals surface area contributed by atoms with Gasteiger partial charge in [-0.1, -0.05) is 12.8 Å². The van der Waals surface area contributed by atoms with E-state index in [9.17, 15) is 4.79 Å². The first kappa shape index (κ1) is 15.2. The molecule has 1 fully saturated rings. The fourth-order valence-electron chi connectivity index (χ4n) is 2.37. The average molecular weight is 258 g/mol. The molecule has 0 saturated heterocycles. The second-order valence-corrected chi connectivity index (χ2v) is 4.92. The number of carbonyl (C=O) groups excluding carboxylic acids is 1. The summed E-state index contributed by atoms with van der Waals surface area (Å²) in [4.78, 5) is 14.0. The Hall–Kier alpha value is -0.810. The van der Waals surface area contributed by atoms with E-state index in [2.05, 4.69) is 5.32 Å². The van der Waals surface area contributed by atoms with Crippen molar-refractivity contribution in [1.82, 2.24) is 10.2 Å². The van der Waals surface area contributed by atoms with Gasteiger partial charge in [0.2, 0.25) is 0 Å². The lowest BCUT2D eigenvalue weighted by molar-refractivity contribution is 0.0893. The molecule has 5 nitrogen and oxygen atoms in total. The topological polar surface area (TPSA) is 50.8 Å². The maximum atomic E-state index is 12.2. The molecule has 0 aromatic carbocycles. The summed E-state index contributed by atoms with van der Waals surface area (Å²) in [5, 5.41) is 3.10. The monoisotopic (exact) mass is 258 g/mol.